The Morgan fingerprint density at radius 1 is 1.50 bits per heavy atom. The van der Waals surface area contributed by atoms with Gasteiger partial charge in [0.1, 0.15) is 0 Å². The predicted octanol–water partition coefficient (Wildman–Crippen LogP) is 2.75. The van der Waals surface area contributed by atoms with E-state index in [0.717, 1.165) is 24.3 Å². The van der Waals surface area contributed by atoms with Gasteiger partial charge in [-0.05, 0) is 30.7 Å². The average molecular weight is 298 g/mol. The lowest BCUT2D eigenvalue weighted by molar-refractivity contribution is -0.387. The topological polar surface area (TPSA) is 72.2 Å². The number of thioether (sulfide) groups is 1. The van der Waals surface area contributed by atoms with E-state index in [1.165, 1.54) is 18.9 Å². The lowest BCUT2D eigenvalue weighted by Crippen LogP contribution is -2.31. The third-order valence-electron chi connectivity index (χ3n) is 3.17. The maximum absolute atomic E-state index is 13.4. The van der Waals surface area contributed by atoms with E-state index < -0.39 is 22.3 Å². The summed E-state index contributed by atoms with van der Waals surface area (Å²) in [6.07, 6.45) is 3.45. The smallest absolute Gasteiger partial charge is 0.304 e. The number of hydrogen-bond acceptors (Lipinski definition) is 4. The summed E-state index contributed by atoms with van der Waals surface area (Å²) < 4.78 is 13.4. The number of halogens is 1. The van der Waals surface area contributed by atoms with E-state index >= 15 is 0 Å². The van der Waals surface area contributed by atoms with Crippen LogP contribution in [0.5, 0.6) is 0 Å². The van der Waals surface area contributed by atoms with Crippen molar-refractivity contribution in [3.05, 3.63) is 39.7 Å². The van der Waals surface area contributed by atoms with Crippen molar-refractivity contribution in [1.82, 2.24) is 5.32 Å². The number of benzene rings is 1. The summed E-state index contributed by atoms with van der Waals surface area (Å²) in [5.41, 5.74) is -0.515. The minimum atomic E-state index is -0.991. The van der Waals surface area contributed by atoms with E-state index in [1.54, 1.807) is 0 Å². The molecule has 1 atom stereocenters. The second kappa shape index (κ2) is 6.69. The Morgan fingerprint density at radius 3 is 2.90 bits per heavy atom. The van der Waals surface area contributed by atoms with Crippen molar-refractivity contribution in [2.45, 2.75) is 24.5 Å². The Morgan fingerprint density at radius 2 is 2.30 bits per heavy atom. The van der Waals surface area contributed by atoms with Crippen LogP contribution in [0, 0.1) is 15.9 Å². The maximum Gasteiger partial charge on any atom is 0.304 e. The zero-order chi connectivity index (χ0) is 14.5. The van der Waals surface area contributed by atoms with Crippen LogP contribution in [0.4, 0.5) is 10.1 Å². The first-order chi connectivity index (χ1) is 9.58. The first kappa shape index (κ1) is 14.8. The molecule has 1 fully saturated rings. The van der Waals surface area contributed by atoms with Crippen LogP contribution in [0.25, 0.3) is 0 Å². The Labute approximate surface area is 120 Å². The van der Waals surface area contributed by atoms with Crippen molar-refractivity contribution < 1.29 is 14.1 Å². The number of nitro groups is 1. The van der Waals surface area contributed by atoms with E-state index in [9.17, 15) is 19.3 Å². The lowest BCUT2D eigenvalue weighted by Gasteiger charge is -2.21. The van der Waals surface area contributed by atoms with E-state index in [4.69, 9.17) is 0 Å². The van der Waals surface area contributed by atoms with Gasteiger partial charge in [-0.1, -0.05) is 6.42 Å². The molecule has 0 bridgehead atoms. The summed E-state index contributed by atoms with van der Waals surface area (Å²) in [5.74, 6) is -0.285. The standard InChI is InChI=1S/C13H15FN2O3S/c14-11-7-9(4-5-12(11)16(18)19)13(17)15-8-10-3-1-2-6-20-10/h4-5,7,10H,1-3,6,8H2,(H,15,17). The predicted molar refractivity (Wildman–Crippen MR) is 75.5 cm³/mol. The number of nitrogens with zero attached hydrogens (tertiary/aromatic N) is 1. The van der Waals surface area contributed by atoms with Gasteiger partial charge in [0.25, 0.3) is 5.91 Å². The van der Waals surface area contributed by atoms with Gasteiger partial charge in [-0.25, -0.2) is 0 Å². The normalized spacial score (nSPS) is 18.6. The fourth-order valence-corrected chi connectivity index (χ4v) is 3.31. The first-order valence-electron chi connectivity index (χ1n) is 6.41. The second-order valence-corrected chi connectivity index (χ2v) is 6.03. The van der Waals surface area contributed by atoms with Gasteiger partial charge in [-0.2, -0.15) is 16.2 Å². The summed E-state index contributed by atoms with van der Waals surface area (Å²) in [5, 5.41) is 13.6. The quantitative estimate of drug-likeness (QED) is 0.685. The largest absolute Gasteiger partial charge is 0.351 e. The molecule has 1 heterocycles. The van der Waals surface area contributed by atoms with Crippen molar-refractivity contribution in [1.29, 1.82) is 0 Å². The van der Waals surface area contributed by atoms with Crippen molar-refractivity contribution >= 4 is 23.4 Å². The number of amides is 1. The first-order valence-corrected chi connectivity index (χ1v) is 7.46. The molecule has 0 aliphatic carbocycles. The molecule has 0 spiro atoms. The summed E-state index contributed by atoms with van der Waals surface area (Å²) in [7, 11) is 0. The number of nitrogens with one attached hydrogen (secondary N) is 1. The van der Waals surface area contributed by atoms with Crippen LogP contribution in [-0.4, -0.2) is 28.4 Å². The third-order valence-corrected chi connectivity index (χ3v) is 4.57. The maximum atomic E-state index is 13.4. The number of hydrogen-bond donors (Lipinski definition) is 1. The highest BCUT2D eigenvalue weighted by Gasteiger charge is 2.18. The van der Waals surface area contributed by atoms with Gasteiger partial charge >= 0.3 is 5.69 Å². The average Bonchev–Trinajstić information content (AvgIpc) is 2.45. The molecule has 1 unspecified atom stereocenters. The monoisotopic (exact) mass is 298 g/mol. The van der Waals surface area contributed by atoms with Crippen LogP contribution < -0.4 is 5.32 Å². The Balaban J connectivity index is 1.95. The third kappa shape index (κ3) is 3.69. The van der Waals surface area contributed by atoms with Crippen LogP contribution >= 0.6 is 11.8 Å². The fraction of sp³-hybridized carbons (Fsp3) is 0.462. The van der Waals surface area contributed by atoms with E-state index in [0.29, 0.717) is 11.8 Å². The van der Waals surface area contributed by atoms with E-state index in [1.807, 2.05) is 11.8 Å². The van der Waals surface area contributed by atoms with Crippen molar-refractivity contribution in [3.63, 3.8) is 0 Å². The van der Waals surface area contributed by atoms with Gasteiger partial charge in [-0.3, -0.25) is 14.9 Å². The molecular weight excluding hydrogens is 283 g/mol. The van der Waals surface area contributed by atoms with Crippen molar-refractivity contribution in [2.75, 3.05) is 12.3 Å². The molecule has 1 aromatic rings. The Bertz CT molecular complexity index is 518. The van der Waals surface area contributed by atoms with Gasteiger partial charge < -0.3 is 5.32 Å². The van der Waals surface area contributed by atoms with E-state index in [2.05, 4.69) is 5.32 Å². The minimum absolute atomic E-state index is 0.105. The molecule has 0 aromatic heterocycles. The molecule has 108 valence electrons. The zero-order valence-electron chi connectivity index (χ0n) is 10.8. The summed E-state index contributed by atoms with van der Waals surface area (Å²) in [4.78, 5) is 21.6. The van der Waals surface area contributed by atoms with Crippen LogP contribution in [0.15, 0.2) is 18.2 Å². The van der Waals surface area contributed by atoms with Gasteiger partial charge in [0, 0.05) is 23.4 Å². The molecular formula is C13H15FN2O3S. The van der Waals surface area contributed by atoms with Crippen LogP contribution in [0.1, 0.15) is 29.6 Å². The van der Waals surface area contributed by atoms with E-state index in [-0.39, 0.29) is 5.56 Å². The SMILES string of the molecule is O=C(NCC1CCCCS1)c1ccc([N+](=O)[O-])c(F)c1. The minimum Gasteiger partial charge on any atom is -0.351 e. The number of carbonyl (C=O) groups is 1. The molecule has 0 radical (unpaired) electrons. The molecule has 1 N–H and O–H groups in total. The Kier molecular flexibility index (Phi) is 4.94. The molecule has 0 saturated carbocycles. The van der Waals surface area contributed by atoms with Gasteiger partial charge in [0.15, 0.2) is 0 Å². The molecule has 1 amide bonds. The van der Waals surface area contributed by atoms with Crippen LogP contribution in [0.2, 0.25) is 0 Å². The molecule has 1 aromatic carbocycles. The summed E-state index contributed by atoms with van der Waals surface area (Å²) >= 11 is 1.83. The molecule has 7 heteroatoms. The van der Waals surface area contributed by atoms with Crippen LogP contribution in [-0.2, 0) is 0 Å². The molecule has 20 heavy (non-hydrogen) atoms. The van der Waals surface area contributed by atoms with Crippen molar-refractivity contribution in [3.8, 4) is 0 Å². The molecule has 1 saturated heterocycles. The molecule has 1 aliphatic rings. The highest BCUT2D eigenvalue weighted by molar-refractivity contribution is 7.99. The number of nitro benzene ring substituents is 1. The summed E-state index contributed by atoms with van der Waals surface area (Å²) in [6, 6.07) is 3.19. The fourth-order valence-electron chi connectivity index (χ4n) is 2.07. The zero-order valence-corrected chi connectivity index (χ0v) is 11.6. The number of carbonyl (C=O) groups excluding carboxylic acids is 1. The highest BCUT2D eigenvalue weighted by Crippen LogP contribution is 2.24. The van der Waals surface area contributed by atoms with Gasteiger partial charge in [0.2, 0.25) is 5.82 Å². The lowest BCUT2D eigenvalue weighted by atomic mass is 10.1. The van der Waals surface area contributed by atoms with Crippen molar-refractivity contribution in [2.24, 2.45) is 0 Å². The van der Waals surface area contributed by atoms with Gasteiger partial charge in [0.05, 0.1) is 4.92 Å². The molecule has 2 rings (SSSR count). The molecule has 5 nitrogen and oxygen atoms in total. The Hall–Kier alpha value is -1.63. The highest BCUT2D eigenvalue weighted by atomic mass is 32.2. The summed E-state index contributed by atoms with van der Waals surface area (Å²) in [6.45, 7) is 0.544. The second-order valence-electron chi connectivity index (χ2n) is 4.62. The van der Waals surface area contributed by atoms with Crippen LogP contribution in [0.3, 0.4) is 0 Å². The van der Waals surface area contributed by atoms with Gasteiger partial charge in [-0.15, -0.1) is 0 Å². The number of rotatable bonds is 4. The molecule has 1 aliphatic heterocycles.